The SMILES string of the molecule is COc1ccc(NC(=O)c2cccc(S(=O)(=O)Nc3ccccc3OC)c2)cc1. The first-order valence-corrected chi connectivity index (χ1v) is 10.1. The van der Waals surface area contributed by atoms with Crippen LogP contribution in [0.2, 0.25) is 0 Å². The standard InChI is InChI=1S/C21H20N2O5S/c1-27-17-12-10-16(11-13-17)22-21(24)15-6-5-7-18(14-15)29(25,26)23-19-8-3-4-9-20(19)28-2/h3-14,23H,1-2H3,(H,22,24). The maximum atomic E-state index is 12.8. The lowest BCUT2D eigenvalue weighted by atomic mass is 10.2. The molecule has 29 heavy (non-hydrogen) atoms. The Hall–Kier alpha value is -3.52. The van der Waals surface area contributed by atoms with E-state index in [0.717, 1.165) is 0 Å². The second kappa shape index (κ2) is 8.66. The first-order chi connectivity index (χ1) is 13.9. The first kappa shape index (κ1) is 20.2. The molecule has 0 aliphatic rings. The molecule has 0 aliphatic carbocycles. The molecular weight excluding hydrogens is 392 g/mol. The van der Waals surface area contributed by atoms with Crippen LogP contribution in [0.15, 0.2) is 77.7 Å². The quantitative estimate of drug-likeness (QED) is 0.616. The fraction of sp³-hybridized carbons (Fsp3) is 0.0952. The molecule has 0 heterocycles. The number of hydrogen-bond donors (Lipinski definition) is 2. The Morgan fingerprint density at radius 3 is 2.28 bits per heavy atom. The molecule has 0 aromatic heterocycles. The lowest BCUT2D eigenvalue weighted by Crippen LogP contribution is -2.16. The van der Waals surface area contributed by atoms with Crippen LogP contribution >= 0.6 is 0 Å². The molecule has 8 heteroatoms. The molecule has 0 atom stereocenters. The van der Waals surface area contributed by atoms with Crippen molar-refractivity contribution in [2.75, 3.05) is 24.3 Å². The molecule has 150 valence electrons. The molecule has 0 radical (unpaired) electrons. The van der Waals surface area contributed by atoms with Gasteiger partial charge in [-0.25, -0.2) is 8.42 Å². The predicted octanol–water partition coefficient (Wildman–Crippen LogP) is 3.76. The molecular formula is C21H20N2O5S. The lowest BCUT2D eigenvalue weighted by Gasteiger charge is -2.12. The summed E-state index contributed by atoms with van der Waals surface area (Å²) >= 11 is 0. The van der Waals surface area contributed by atoms with Gasteiger partial charge in [0, 0.05) is 11.3 Å². The van der Waals surface area contributed by atoms with E-state index in [4.69, 9.17) is 9.47 Å². The highest BCUT2D eigenvalue weighted by molar-refractivity contribution is 7.92. The molecule has 0 aliphatic heterocycles. The van der Waals surface area contributed by atoms with E-state index in [1.165, 1.54) is 25.3 Å². The normalized spacial score (nSPS) is 10.8. The van der Waals surface area contributed by atoms with Crippen molar-refractivity contribution in [3.8, 4) is 11.5 Å². The molecule has 0 saturated heterocycles. The van der Waals surface area contributed by atoms with E-state index in [1.807, 2.05) is 0 Å². The molecule has 0 unspecified atom stereocenters. The van der Waals surface area contributed by atoms with Gasteiger partial charge in [0.05, 0.1) is 24.8 Å². The summed E-state index contributed by atoms with van der Waals surface area (Å²) in [5.74, 6) is 0.632. The Labute approximate surface area is 169 Å². The van der Waals surface area contributed by atoms with Crippen molar-refractivity contribution in [2.45, 2.75) is 4.90 Å². The number of rotatable bonds is 7. The Morgan fingerprint density at radius 1 is 0.862 bits per heavy atom. The Balaban J connectivity index is 1.81. The predicted molar refractivity (Wildman–Crippen MR) is 111 cm³/mol. The van der Waals surface area contributed by atoms with Gasteiger partial charge in [-0.1, -0.05) is 18.2 Å². The lowest BCUT2D eigenvalue weighted by molar-refractivity contribution is 0.102. The largest absolute Gasteiger partial charge is 0.497 e. The monoisotopic (exact) mass is 412 g/mol. The van der Waals surface area contributed by atoms with Crippen LogP contribution in [0.4, 0.5) is 11.4 Å². The third-order valence-electron chi connectivity index (χ3n) is 4.11. The number of nitrogens with one attached hydrogen (secondary N) is 2. The van der Waals surface area contributed by atoms with Crippen molar-refractivity contribution >= 4 is 27.3 Å². The zero-order chi connectivity index (χ0) is 20.9. The highest BCUT2D eigenvalue weighted by Gasteiger charge is 2.18. The molecule has 7 nitrogen and oxygen atoms in total. The highest BCUT2D eigenvalue weighted by Crippen LogP contribution is 2.26. The van der Waals surface area contributed by atoms with Crippen molar-refractivity contribution < 1.29 is 22.7 Å². The van der Waals surface area contributed by atoms with E-state index in [1.54, 1.807) is 61.7 Å². The summed E-state index contributed by atoms with van der Waals surface area (Å²) in [4.78, 5) is 12.5. The van der Waals surface area contributed by atoms with Crippen LogP contribution in [0.3, 0.4) is 0 Å². The molecule has 0 bridgehead atoms. The van der Waals surface area contributed by atoms with Crippen molar-refractivity contribution in [1.82, 2.24) is 0 Å². The van der Waals surface area contributed by atoms with Gasteiger partial charge >= 0.3 is 0 Å². The fourth-order valence-corrected chi connectivity index (χ4v) is 3.73. The molecule has 0 spiro atoms. The number of ether oxygens (including phenoxy) is 2. The minimum absolute atomic E-state index is 0.0363. The molecule has 3 aromatic carbocycles. The minimum atomic E-state index is -3.91. The van der Waals surface area contributed by atoms with Gasteiger partial charge < -0.3 is 14.8 Å². The van der Waals surface area contributed by atoms with E-state index >= 15 is 0 Å². The maximum absolute atomic E-state index is 12.8. The van der Waals surface area contributed by atoms with Crippen LogP contribution in [0.5, 0.6) is 11.5 Å². The number of benzene rings is 3. The zero-order valence-electron chi connectivity index (χ0n) is 15.9. The average molecular weight is 412 g/mol. The molecule has 1 amide bonds. The van der Waals surface area contributed by atoms with Gasteiger partial charge in [0.2, 0.25) is 0 Å². The Kier molecular flexibility index (Phi) is 6.04. The number of para-hydroxylation sites is 2. The second-order valence-electron chi connectivity index (χ2n) is 6.02. The number of carbonyl (C=O) groups excluding carboxylic acids is 1. The van der Waals surface area contributed by atoms with Crippen molar-refractivity contribution in [3.05, 3.63) is 78.4 Å². The Bertz CT molecular complexity index is 1110. The smallest absolute Gasteiger partial charge is 0.262 e. The second-order valence-corrected chi connectivity index (χ2v) is 7.70. The number of hydrogen-bond acceptors (Lipinski definition) is 5. The van der Waals surface area contributed by atoms with Crippen LogP contribution in [0.1, 0.15) is 10.4 Å². The van der Waals surface area contributed by atoms with Gasteiger partial charge in [-0.05, 0) is 54.6 Å². The topological polar surface area (TPSA) is 93.7 Å². The number of carbonyl (C=O) groups is 1. The van der Waals surface area contributed by atoms with E-state index in [0.29, 0.717) is 22.9 Å². The molecule has 2 N–H and O–H groups in total. The Morgan fingerprint density at radius 2 is 1.59 bits per heavy atom. The van der Waals surface area contributed by atoms with Gasteiger partial charge in [0.15, 0.2) is 0 Å². The number of anilines is 2. The van der Waals surface area contributed by atoms with Gasteiger partial charge in [-0.2, -0.15) is 0 Å². The summed E-state index contributed by atoms with van der Waals surface area (Å²) in [7, 11) is -0.901. The first-order valence-electron chi connectivity index (χ1n) is 8.64. The van der Waals surface area contributed by atoms with Crippen LogP contribution in [-0.2, 0) is 10.0 Å². The van der Waals surface area contributed by atoms with E-state index in [-0.39, 0.29) is 10.5 Å². The van der Waals surface area contributed by atoms with Crippen LogP contribution in [0.25, 0.3) is 0 Å². The molecule has 0 saturated carbocycles. The van der Waals surface area contributed by atoms with E-state index in [9.17, 15) is 13.2 Å². The summed E-state index contributed by atoms with van der Waals surface area (Å²) in [6, 6.07) is 19.3. The zero-order valence-corrected chi connectivity index (χ0v) is 16.7. The summed E-state index contributed by atoms with van der Waals surface area (Å²) in [5, 5.41) is 2.73. The average Bonchev–Trinajstić information content (AvgIpc) is 2.74. The van der Waals surface area contributed by atoms with Crippen LogP contribution < -0.4 is 19.5 Å². The minimum Gasteiger partial charge on any atom is -0.497 e. The van der Waals surface area contributed by atoms with Crippen LogP contribution in [0, 0.1) is 0 Å². The summed E-state index contributed by atoms with van der Waals surface area (Å²) in [6.45, 7) is 0. The van der Waals surface area contributed by atoms with Gasteiger partial charge in [-0.15, -0.1) is 0 Å². The van der Waals surface area contributed by atoms with Crippen molar-refractivity contribution in [2.24, 2.45) is 0 Å². The molecule has 3 aromatic rings. The number of sulfonamides is 1. The van der Waals surface area contributed by atoms with Gasteiger partial charge in [0.1, 0.15) is 11.5 Å². The number of methoxy groups -OCH3 is 2. The summed E-state index contributed by atoms with van der Waals surface area (Å²) in [5.41, 5.74) is 1.09. The van der Waals surface area contributed by atoms with Crippen molar-refractivity contribution in [1.29, 1.82) is 0 Å². The summed E-state index contributed by atoms with van der Waals surface area (Å²) < 4.78 is 38.3. The number of amides is 1. The van der Waals surface area contributed by atoms with E-state index < -0.39 is 15.9 Å². The molecule has 3 rings (SSSR count). The van der Waals surface area contributed by atoms with Gasteiger partial charge in [-0.3, -0.25) is 9.52 Å². The maximum Gasteiger partial charge on any atom is 0.262 e. The summed E-state index contributed by atoms with van der Waals surface area (Å²) in [6.07, 6.45) is 0. The fourth-order valence-electron chi connectivity index (χ4n) is 2.61. The third kappa shape index (κ3) is 4.85. The van der Waals surface area contributed by atoms with Crippen molar-refractivity contribution in [3.63, 3.8) is 0 Å². The third-order valence-corrected chi connectivity index (χ3v) is 5.47. The van der Waals surface area contributed by atoms with Gasteiger partial charge in [0.25, 0.3) is 15.9 Å². The highest BCUT2D eigenvalue weighted by atomic mass is 32.2. The van der Waals surface area contributed by atoms with E-state index in [2.05, 4.69) is 10.0 Å². The van der Waals surface area contributed by atoms with Crippen LogP contribution in [-0.4, -0.2) is 28.5 Å². The molecule has 0 fully saturated rings.